The zero-order valence-corrected chi connectivity index (χ0v) is 18.0. The first-order chi connectivity index (χ1) is 15.3. The Morgan fingerprint density at radius 1 is 1.28 bits per heavy atom. The first kappa shape index (κ1) is 21.5. The van der Waals surface area contributed by atoms with Gasteiger partial charge in [-0.15, -0.1) is 0 Å². The van der Waals surface area contributed by atoms with E-state index in [9.17, 15) is 14.4 Å². The summed E-state index contributed by atoms with van der Waals surface area (Å²) in [5.74, 6) is -1.53. The monoisotopic (exact) mass is 454 g/mol. The number of amides is 2. The average Bonchev–Trinajstić information content (AvgIpc) is 3.18. The van der Waals surface area contributed by atoms with Crippen LogP contribution in [-0.4, -0.2) is 45.8 Å². The summed E-state index contributed by atoms with van der Waals surface area (Å²) in [7, 11) is 0. The highest BCUT2D eigenvalue weighted by atomic mass is 35.5. The van der Waals surface area contributed by atoms with Crippen molar-refractivity contribution >= 4 is 41.1 Å². The minimum Gasteiger partial charge on any atom is -0.462 e. The van der Waals surface area contributed by atoms with Crippen molar-refractivity contribution in [2.45, 2.75) is 25.8 Å². The standard InChI is InChI=1S/C22H19ClN4O5/c1-3-31-20(29)17-18(13-7-9-14(23)10-8-13)26-32-19(17)25-21(30)22(2)12-16(28)24-15-6-4-5-11-27(15)22/h4-11H,3,12H2,1-2H3,(H,25,30). The van der Waals surface area contributed by atoms with Gasteiger partial charge in [-0.3, -0.25) is 14.9 Å². The molecule has 2 amide bonds. The predicted octanol–water partition coefficient (Wildman–Crippen LogP) is 3.58. The van der Waals surface area contributed by atoms with Gasteiger partial charge >= 0.3 is 5.97 Å². The maximum Gasteiger partial charge on any atom is 0.346 e. The molecular formula is C22H19ClN4O5. The highest BCUT2D eigenvalue weighted by Crippen LogP contribution is 2.33. The van der Waals surface area contributed by atoms with Crippen LogP contribution >= 0.6 is 11.6 Å². The number of fused-ring (bicyclic) bond motifs is 1. The van der Waals surface area contributed by atoms with Gasteiger partial charge in [-0.1, -0.05) is 35.0 Å². The molecule has 4 rings (SSSR count). The highest BCUT2D eigenvalue weighted by Gasteiger charge is 2.46. The van der Waals surface area contributed by atoms with Crippen molar-refractivity contribution in [3.05, 3.63) is 59.3 Å². The maximum atomic E-state index is 13.3. The molecule has 1 atom stereocenters. The number of rotatable bonds is 5. The number of aliphatic imine (C=N–C) groups is 1. The van der Waals surface area contributed by atoms with Gasteiger partial charge in [0.15, 0.2) is 5.56 Å². The molecule has 0 bridgehead atoms. The van der Waals surface area contributed by atoms with Crippen LogP contribution < -0.4 is 5.32 Å². The van der Waals surface area contributed by atoms with E-state index in [2.05, 4.69) is 15.5 Å². The molecule has 0 saturated carbocycles. The summed E-state index contributed by atoms with van der Waals surface area (Å²) in [6.07, 6.45) is 6.60. The van der Waals surface area contributed by atoms with Crippen LogP contribution in [0.2, 0.25) is 5.02 Å². The molecule has 0 aliphatic carbocycles. The molecule has 10 heteroatoms. The third-order valence-electron chi connectivity index (χ3n) is 5.11. The lowest BCUT2D eigenvalue weighted by Gasteiger charge is -2.41. The van der Waals surface area contributed by atoms with Crippen molar-refractivity contribution in [3.8, 4) is 11.3 Å². The van der Waals surface area contributed by atoms with Gasteiger partial charge in [0.25, 0.3) is 11.8 Å². The number of aromatic nitrogens is 1. The molecule has 1 unspecified atom stereocenters. The zero-order valence-electron chi connectivity index (χ0n) is 17.3. The summed E-state index contributed by atoms with van der Waals surface area (Å²) >= 11 is 5.95. The quantitative estimate of drug-likeness (QED) is 0.686. The van der Waals surface area contributed by atoms with Gasteiger partial charge in [0.2, 0.25) is 5.88 Å². The van der Waals surface area contributed by atoms with Crippen LogP contribution in [0.5, 0.6) is 0 Å². The van der Waals surface area contributed by atoms with E-state index < -0.39 is 23.3 Å². The van der Waals surface area contributed by atoms with Gasteiger partial charge in [0, 0.05) is 16.8 Å². The van der Waals surface area contributed by atoms with Crippen LogP contribution in [0, 0.1) is 0 Å². The molecule has 1 aromatic heterocycles. The molecule has 0 radical (unpaired) electrons. The third-order valence-corrected chi connectivity index (χ3v) is 5.36. The number of nitrogens with zero attached hydrogens (tertiary/aromatic N) is 3. The summed E-state index contributed by atoms with van der Waals surface area (Å²) in [5, 5.41) is 7.10. The first-order valence-corrected chi connectivity index (χ1v) is 10.2. The lowest BCUT2D eigenvalue weighted by atomic mass is 9.91. The van der Waals surface area contributed by atoms with Crippen LogP contribution in [-0.2, 0) is 14.3 Å². The fourth-order valence-corrected chi connectivity index (χ4v) is 3.62. The van der Waals surface area contributed by atoms with E-state index in [1.165, 1.54) is 0 Å². The van der Waals surface area contributed by atoms with E-state index in [-0.39, 0.29) is 30.2 Å². The minimum absolute atomic E-state index is 0.0313. The molecule has 1 aromatic carbocycles. The van der Waals surface area contributed by atoms with Crippen LogP contribution in [0.1, 0.15) is 30.6 Å². The van der Waals surface area contributed by atoms with Gasteiger partial charge in [0.05, 0.1) is 13.0 Å². The number of amidine groups is 1. The summed E-state index contributed by atoms with van der Waals surface area (Å²) in [5.41, 5.74) is -0.576. The topological polar surface area (TPSA) is 114 Å². The second-order valence-electron chi connectivity index (χ2n) is 7.30. The molecule has 0 saturated heterocycles. The highest BCUT2D eigenvalue weighted by molar-refractivity contribution is 6.30. The Morgan fingerprint density at radius 2 is 2.03 bits per heavy atom. The molecular weight excluding hydrogens is 436 g/mol. The Hall–Kier alpha value is -3.72. The Morgan fingerprint density at radius 3 is 2.75 bits per heavy atom. The molecule has 2 aliphatic heterocycles. The smallest absolute Gasteiger partial charge is 0.346 e. The van der Waals surface area contributed by atoms with E-state index in [0.29, 0.717) is 16.4 Å². The maximum absolute atomic E-state index is 13.3. The summed E-state index contributed by atoms with van der Waals surface area (Å²) < 4.78 is 10.5. The Kier molecular flexibility index (Phi) is 5.67. The van der Waals surface area contributed by atoms with E-state index in [4.69, 9.17) is 20.9 Å². The van der Waals surface area contributed by atoms with Crippen molar-refractivity contribution in [2.24, 2.45) is 4.99 Å². The number of esters is 1. The van der Waals surface area contributed by atoms with Gasteiger partial charge in [0.1, 0.15) is 17.1 Å². The van der Waals surface area contributed by atoms with Gasteiger partial charge in [-0.25, -0.2) is 4.79 Å². The largest absolute Gasteiger partial charge is 0.462 e. The molecule has 2 aliphatic rings. The molecule has 32 heavy (non-hydrogen) atoms. The van der Waals surface area contributed by atoms with Crippen molar-refractivity contribution in [1.29, 1.82) is 0 Å². The van der Waals surface area contributed by atoms with E-state index in [0.717, 1.165) is 0 Å². The SMILES string of the molecule is CCOC(=O)c1c(-c2ccc(Cl)cc2)noc1NC(=O)C1(C)CC(=O)N=C2C=CC=CN21. The lowest BCUT2D eigenvalue weighted by molar-refractivity contribution is -0.131. The van der Waals surface area contributed by atoms with Crippen LogP contribution in [0.3, 0.4) is 0 Å². The summed E-state index contributed by atoms with van der Waals surface area (Å²) in [4.78, 5) is 43.8. The number of halogens is 1. The fraction of sp³-hybridized carbons (Fsp3) is 0.227. The second-order valence-corrected chi connectivity index (χ2v) is 7.74. The Balaban J connectivity index is 1.70. The number of carbonyl (C=O) groups is 3. The molecule has 9 nitrogen and oxygen atoms in total. The number of hydrogen-bond donors (Lipinski definition) is 1. The Labute approximate surface area is 188 Å². The van der Waals surface area contributed by atoms with Crippen molar-refractivity contribution in [2.75, 3.05) is 11.9 Å². The van der Waals surface area contributed by atoms with Gasteiger partial charge in [-0.2, -0.15) is 4.99 Å². The second kappa shape index (κ2) is 8.43. The number of ether oxygens (including phenoxy) is 1. The van der Waals surface area contributed by atoms with Crippen molar-refractivity contribution in [1.82, 2.24) is 10.1 Å². The number of hydrogen-bond acceptors (Lipinski definition) is 7. The summed E-state index contributed by atoms with van der Waals surface area (Å²) in [6, 6.07) is 6.63. The van der Waals surface area contributed by atoms with E-state index in [1.54, 1.807) is 67.4 Å². The zero-order chi connectivity index (χ0) is 22.9. The number of nitrogens with one attached hydrogen (secondary N) is 1. The molecule has 0 fully saturated rings. The third kappa shape index (κ3) is 3.82. The molecule has 3 heterocycles. The molecule has 2 aromatic rings. The van der Waals surface area contributed by atoms with E-state index >= 15 is 0 Å². The molecule has 0 spiro atoms. The van der Waals surface area contributed by atoms with Gasteiger partial charge < -0.3 is 14.2 Å². The van der Waals surface area contributed by atoms with Crippen LogP contribution in [0.15, 0.2) is 58.2 Å². The van der Waals surface area contributed by atoms with Crippen LogP contribution in [0.4, 0.5) is 5.88 Å². The van der Waals surface area contributed by atoms with E-state index in [1.807, 2.05) is 0 Å². The number of anilines is 1. The normalized spacial score (nSPS) is 19.4. The number of benzene rings is 1. The van der Waals surface area contributed by atoms with Crippen molar-refractivity contribution in [3.63, 3.8) is 0 Å². The Bertz CT molecular complexity index is 1180. The number of carbonyl (C=O) groups excluding carboxylic acids is 3. The van der Waals surface area contributed by atoms with Crippen LogP contribution in [0.25, 0.3) is 11.3 Å². The van der Waals surface area contributed by atoms with Gasteiger partial charge in [-0.05, 0) is 38.1 Å². The van der Waals surface area contributed by atoms with Crippen molar-refractivity contribution < 1.29 is 23.6 Å². The number of allylic oxidation sites excluding steroid dienone is 2. The average molecular weight is 455 g/mol. The molecule has 1 N–H and O–H groups in total. The first-order valence-electron chi connectivity index (χ1n) is 9.83. The lowest BCUT2D eigenvalue weighted by Crippen LogP contribution is -2.58. The summed E-state index contributed by atoms with van der Waals surface area (Å²) in [6.45, 7) is 3.39. The predicted molar refractivity (Wildman–Crippen MR) is 117 cm³/mol. The fourth-order valence-electron chi connectivity index (χ4n) is 3.49. The molecule has 164 valence electrons. The minimum atomic E-state index is -1.30.